The molecule has 1 fully saturated rings. The largest absolute Gasteiger partial charge is 0.284 e. The van der Waals surface area contributed by atoms with Gasteiger partial charge < -0.3 is 0 Å². The lowest BCUT2D eigenvalue weighted by Crippen LogP contribution is -2.23. The molecule has 0 atom stereocenters. The second-order valence-electron chi connectivity index (χ2n) is 4.34. The summed E-state index contributed by atoms with van der Waals surface area (Å²) in [6.07, 6.45) is 2.54. The SMILES string of the molecule is [C-]#[N+]c1ccc2c(c1)nnn2CN1CCCC1. The van der Waals surface area contributed by atoms with Gasteiger partial charge in [-0.25, -0.2) is 9.53 Å². The summed E-state index contributed by atoms with van der Waals surface area (Å²) in [6.45, 7) is 10.0. The molecule has 1 aromatic carbocycles. The van der Waals surface area contributed by atoms with Crippen molar-refractivity contribution in [2.75, 3.05) is 13.1 Å². The Bertz CT molecular complexity index is 574. The van der Waals surface area contributed by atoms with Gasteiger partial charge in [-0.15, -0.1) is 5.10 Å². The lowest BCUT2D eigenvalue weighted by molar-refractivity contribution is 0.257. The van der Waals surface area contributed by atoms with Crippen LogP contribution in [0.15, 0.2) is 18.2 Å². The standard InChI is InChI=1S/C12H13N5/c1-13-10-4-5-12-11(8-10)14-15-17(12)9-16-6-2-3-7-16/h4-5,8H,2-3,6-7,9H2. The molecule has 0 amide bonds. The van der Waals surface area contributed by atoms with E-state index < -0.39 is 0 Å². The Labute approximate surface area is 99.5 Å². The molecular formula is C12H13N5. The number of hydrogen-bond donors (Lipinski definition) is 0. The number of hydrogen-bond acceptors (Lipinski definition) is 3. The zero-order chi connectivity index (χ0) is 11.7. The van der Waals surface area contributed by atoms with Crippen LogP contribution in [-0.2, 0) is 6.67 Å². The Balaban J connectivity index is 1.92. The Hall–Kier alpha value is -1.93. The second kappa shape index (κ2) is 4.15. The van der Waals surface area contributed by atoms with Crippen LogP contribution in [0.3, 0.4) is 0 Å². The number of benzene rings is 1. The van der Waals surface area contributed by atoms with Gasteiger partial charge in [-0.05, 0) is 38.1 Å². The van der Waals surface area contributed by atoms with Crippen molar-refractivity contribution in [2.45, 2.75) is 19.5 Å². The average Bonchev–Trinajstić information content (AvgIpc) is 2.99. The van der Waals surface area contributed by atoms with Crippen LogP contribution in [-0.4, -0.2) is 33.0 Å². The molecule has 1 aliphatic rings. The molecule has 5 heteroatoms. The highest BCUT2D eigenvalue weighted by Crippen LogP contribution is 2.20. The maximum absolute atomic E-state index is 6.97. The van der Waals surface area contributed by atoms with Crippen molar-refractivity contribution in [3.05, 3.63) is 29.6 Å². The number of likely N-dealkylation sites (tertiary alicyclic amines) is 1. The van der Waals surface area contributed by atoms with Gasteiger partial charge in [0.2, 0.25) is 0 Å². The number of nitrogens with zero attached hydrogens (tertiary/aromatic N) is 5. The fourth-order valence-corrected chi connectivity index (χ4v) is 2.25. The Kier molecular flexibility index (Phi) is 2.50. The smallest absolute Gasteiger partial charge is 0.189 e. The van der Waals surface area contributed by atoms with Gasteiger partial charge in [0.15, 0.2) is 5.69 Å². The number of fused-ring (bicyclic) bond motifs is 1. The van der Waals surface area contributed by atoms with Gasteiger partial charge in [-0.3, -0.25) is 4.90 Å². The minimum absolute atomic E-state index is 0.616. The van der Waals surface area contributed by atoms with Gasteiger partial charge in [0.05, 0.1) is 18.8 Å². The van der Waals surface area contributed by atoms with Crippen molar-refractivity contribution in [3.8, 4) is 0 Å². The lowest BCUT2D eigenvalue weighted by Gasteiger charge is -2.14. The molecule has 86 valence electrons. The first-order valence-corrected chi connectivity index (χ1v) is 5.80. The quantitative estimate of drug-likeness (QED) is 0.737. The highest BCUT2D eigenvalue weighted by atomic mass is 15.5. The molecule has 1 aromatic heterocycles. The van der Waals surface area contributed by atoms with Crippen LogP contribution in [0.5, 0.6) is 0 Å². The van der Waals surface area contributed by atoms with Crippen LogP contribution >= 0.6 is 0 Å². The summed E-state index contributed by atoms with van der Waals surface area (Å²) in [5.41, 5.74) is 2.42. The molecule has 1 aliphatic heterocycles. The van der Waals surface area contributed by atoms with Crippen LogP contribution in [0.25, 0.3) is 15.9 Å². The molecule has 2 aromatic rings. The van der Waals surface area contributed by atoms with E-state index in [4.69, 9.17) is 6.57 Å². The molecule has 0 radical (unpaired) electrons. The van der Waals surface area contributed by atoms with Gasteiger partial charge in [0.25, 0.3) is 0 Å². The van der Waals surface area contributed by atoms with E-state index in [2.05, 4.69) is 20.1 Å². The molecule has 3 rings (SSSR count). The van der Waals surface area contributed by atoms with E-state index in [0.29, 0.717) is 5.69 Å². The summed E-state index contributed by atoms with van der Waals surface area (Å²) in [7, 11) is 0. The fraction of sp³-hybridized carbons (Fsp3) is 0.417. The molecule has 0 bridgehead atoms. The van der Waals surface area contributed by atoms with Crippen molar-refractivity contribution in [3.63, 3.8) is 0 Å². The van der Waals surface area contributed by atoms with E-state index in [1.165, 1.54) is 12.8 Å². The first-order valence-electron chi connectivity index (χ1n) is 5.80. The first kappa shape index (κ1) is 10.2. The maximum atomic E-state index is 6.97. The van der Waals surface area contributed by atoms with E-state index >= 15 is 0 Å². The molecule has 2 heterocycles. The molecule has 17 heavy (non-hydrogen) atoms. The fourth-order valence-electron chi connectivity index (χ4n) is 2.25. The summed E-state index contributed by atoms with van der Waals surface area (Å²) in [6, 6.07) is 5.54. The first-order chi connectivity index (χ1) is 8.36. The summed E-state index contributed by atoms with van der Waals surface area (Å²) in [4.78, 5) is 5.77. The van der Waals surface area contributed by atoms with E-state index in [1.54, 1.807) is 6.07 Å². The normalized spacial score (nSPS) is 16.4. The van der Waals surface area contributed by atoms with Crippen LogP contribution < -0.4 is 0 Å². The monoisotopic (exact) mass is 227 g/mol. The lowest BCUT2D eigenvalue weighted by atomic mass is 10.3. The van der Waals surface area contributed by atoms with Gasteiger partial charge in [-0.2, -0.15) is 0 Å². The van der Waals surface area contributed by atoms with Gasteiger partial charge in [0.1, 0.15) is 5.52 Å². The summed E-state index contributed by atoms with van der Waals surface area (Å²) < 4.78 is 1.91. The average molecular weight is 227 g/mol. The van der Waals surface area contributed by atoms with Crippen molar-refractivity contribution >= 4 is 16.7 Å². The molecule has 0 unspecified atom stereocenters. The van der Waals surface area contributed by atoms with Gasteiger partial charge >= 0.3 is 0 Å². The minimum Gasteiger partial charge on any atom is -0.284 e. The van der Waals surface area contributed by atoms with Gasteiger partial charge in [0, 0.05) is 0 Å². The van der Waals surface area contributed by atoms with Crippen molar-refractivity contribution < 1.29 is 0 Å². The summed E-state index contributed by atoms with van der Waals surface area (Å²) in [5.74, 6) is 0. The highest BCUT2D eigenvalue weighted by molar-refractivity contribution is 5.78. The third kappa shape index (κ3) is 1.87. The second-order valence-corrected chi connectivity index (χ2v) is 4.34. The minimum atomic E-state index is 0.616. The summed E-state index contributed by atoms with van der Waals surface area (Å²) in [5, 5.41) is 8.27. The van der Waals surface area contributed by atoms with E-state index in [1.807, 2.05) is 16.8 Å². The number of rotatable bonds is 2. The molecular weight excluding hydrogens is 214 g/mol. The Morgan fingerprint density at radius 3 is 2.88 bits per heavy atom. The van der Waals surface area contributed by atoms with E-state index in [9.17, 15) is 0 Å². The number of aromatic nitrogens is 3. The molecule has 5 nitrogen and oxygen atoms in total. The van der Waals surface area contributed by atoms with Crippen molar-refractivity contribution in [1.82, 2.24) is 19.9 Å². The topological polar surface area (TPSA) is 38.3 Å². The van der Waals surface area contributed by atoms with Crippen molar-refractivity contribution in [1.29, 1.82) is 0 Å². The molecule has 0 spiro atoms. The zero-order valence-corrected chi connectivity index (χ0v) is 9.50. The van der Waals surface area contributed by atoms with Crippen LogP contribution in [0.4, 0.5) is 5.69 Å². The predicted octanol–water partition coefficient (Wildman–Crippen LogP) is 2.04. The predicted molar refractivity (Wildman–Crippen MR) is 64.6 cm³/mol. The highest BCUT2D eigenvalue weighted by Gasteiger charge is 2.13. The van der Waals surface area contributed by atoms with Crippen LogP contribution in [0, 0.1) is 6.57 Å². The Morgan fingerprint density at radius 2 is 2.12 bits per heavy atom. The maximum Gasteiger partial charge on any atom is 0.189 e. The molecule has 0 saturated carbocycles. The molecule has 1 saturated heterocycles. The molecule has 0 N–H and O–H groups in total. The van der Waals surface area contributed by atoms with Crippen LogP contribution in [0.1, 0.15) is 12.8 Å². The third-order valence-corrected chi connectivity index (χ3v) is 3.16. The van der Waals surface area contributed by atoms with E-state index in [-0.39, 0.29) is 0 Å². The van der Waals surface area contributed by atoms with Crippen LogP contribution in [0.2, 0.25) is 0 Å². The van der Waals surface area contributed by atoms with Crippen molar-refractivity contribution in [2.24, 2.45) is 0 Å². The summed E-state index contributed by atoms with van der Waals surface area (Å²) >= 11 is 0. The van der Waals surface area contributed by atoms with Gasteiger partial charge in [-0.1, -0.05) is 11.3 Å². The third-order valence-electron chi connectivity index (χ3n) is 3.16. The zero-order valence-electron chi connectivity index (χ0n) is 9.50. The molecule has 0 aliphatic carbocycles. The van der Waals surface area contributed by atoms with E-state index in [0.717, 1.165) is 30.8 Å². The Morgan fingerprint density at radius 1 is 1.29 bits per heavy atom.